The molecule has 8 nitrogen and oxygen atoms in total. The van der Waals surface area contributed by atoms with E-state index in [-0.39, 0.29) is 23.2 Å². The van der Waals surface area contributed by atoms with Crippen LogP contribution in [0.2, 0.25) is 0 Å². The number of benzene rings is 2. The van der Waals surface area contributed by atoms with Crippen molar-refractivity contribution >= 4 is 27.3 Å². The quantitative estimate of drug-likeness (QED) is 0.756. The lowest BCUT2D eigenvalue weighted by Gasteiger charge is -2.17. The van der Waals surface area contributed by atoms with E-state index in [1.54, 1.807) is 29.2 Å². The molecule has 1 amide bonds. The first-order chi connectivity index (χ1) is 13.4. The summed E-state index contributed by atoms with van der Waals surface area (Å²) < 4.78 is 43.4. The van der Waals surface area contributed by atoms with Crippen LogP contribution >= 0.6 is 0 Å². The number of methoxy groups -OCH3 is 3. The van der Waals surface area contributed by atoms with Crippen LogP contribution in [-0.4, -0.2) is 48.8 Å². The van der Waals surface area contributed by atoms with Crippen molar-refractivity contribution < 1.29 is 27.4 Å². The van der Waals surface area contributed by atoms with Crippen molar-refractivity contribution in [3.8, 4) is 11.5 Å². The third kappa shape index (κ3) is 3.90. The summed E-state index contributed by atoms with van der Waals surface area (Å²) >= 11 is 0. The van der Waals surface area contributed by atoms with Gasteiger partial charge in [-0.15, -0.1) is 0 Å². The van der Waals surface area contributed by atoms with Gasteiger partial charge in [0.05, 0.1) is 14.2 Å². The molecule has 150 valence electrons. The Morgan fingerprint density at radius 2 is 1.89 bits per heavy atom. The number of nitrogens with one attached hydrogen (secondary N) is 1. The van der Waals surface area contributed by atoms with Gasteiger partial charge in [-0.1, -0.05) is 0 Å². The van der Waals surface area contributed by atoms with Gasteiger partial charge in [-0.25, -0.2) is 8.42 Å². The summed E-state index contributed by atoms with van der Waals surface area (Å²) in [5.41, 5.74) is 2.08. The summed E-state index contributed by atoms with van der Waals surface area (Å²) in [5.74, 6) is 0.552. The fourth-order valence-corrected chi connectivity index (χ4v) is 4.33. The maximum Gasteiger partial charge on any atom is 0.265 e. The first-order valence-corrected chi connectivity index (χ1v) is 10.0. The zero-order valence-electron chi connectivity index (χ0n) is 15.9. The number of hydrogen-bond acceptors (Lipinski definition) is 6. The monoisotopic (exact) mass is 406 g/mol. The minimum atomic E-state index is -3.87. The van der Waals surface area contributed by atoms with Gasteiger partial charge in [0.1, 0.15) is 23.0 Å². The molecular weight excluding hydrogens is 384 g/mol. The third-order valence-electron chi connectivity index (χ3n) is 4.46. The average Bonchev–Trinajstić information content (AvgIpc) is 3.10. The Balaban J connectivity index is 1.86. The van der Waals surface area contributed by atoms with Gasteiger partial charge in [0.25, 0.3) is 15.9 Å². The standard InChI is InChI=1S/C19H22N2O6S/c1-25-12-19(22)21-9-8-13-10-14(4-6-16(13)21)20-28(23,24)18-7-5-15(26-2)11-17(18)27-3/h4-7,10-11,20H,8-9,12H2,1-3H3. The number of rotatable bonds is 7. The maximum absolute atomic E-state index is 12.8. The van der Waals surface area contributed by atoms with Crippen molar-refractivity contribution in [1.29, 1.82) is 0 Å². The highest BCUT2D eigenvalue weighted by Gasteiger charge is 2.26. The lowest BCUT2D eigenvalue weighted by Crippen LogP contribution is -2.31. The van der Waals surface area contributed by atoms with Crippen molar-refractivity contribution in [3.63, 3.8) is 0 Å². The molecule has 0 aliphatic carbocycles. The van der Waals surface area contributed by atoms with E-state index in [9.17, 15) is 13.2 Å². The van der Waals surface area contributed by atoms with Crippen LogP contribution in [-0.2, 0) is 26.0 Å². The number of carbonyl (C=O) groups excluding carboxylic acids is 1. The molecule has 0 saturated carbocycles. The van der Waals surface area contributed by atoms with Crippen LogP contribution in [0.5, 0.6) is 11.5 Å². The number of fused-ring (bicyclic) bond motifs is 1. The van der Waals surface area contributed by atoms with Gasteiger partial charge in [-0.3, -0.25) is 9.52 Å². The molecule has 3 rings (SSSR count). The molecule has 9 heteroatoms. The Bertz CT molecular complexity index is 990. The fourth-order valence-electron chi connectivity index (χ4n) is 3.13. The first-order valence-electron chi connectivity index (χ1n) is 8.56. The van der Waals surface area contributed by atoms with E-state index in [0.29, 0.717) is 24.4 Å². The van der Waals surface area contributed by atoms with E-state index in [0.717, 1.165) is 11.3 Å². The van der Waals surface area contributed by atoms with Crippen LogP contribution in [0, 0.1) is 0 Å². The second-order valence-corrected chi connectivity index (χ2v) is 7.84. The van der Waals surface area contributed by atoms with Crippen LogP contribution in [0.3, 0.4) is 0 Å². The van der Waals surface area contributed by atoms with Gasteiger partial charge in [-0.05, 0) is 42.3 Å². The second-order valence-electron chi connectivity index (χ2n) is 6.19. The van der Waals surface area contributed by atoms with Gasteiger partial charge in [0.15, 0.2) is 0 Å². The van der Waals surface area contributed by atoms with Gasteiger partial charge < -0.3 is 19.1 Å². The topological polar surface area (TPSA) is 94.2 Å². The van der Waals surface area contributed by atoms with E-state index in [1.807, 2.05) is 0 Å². The molecule has 1 aliphatic rings. The Morgan fingerprint density at radius 3 is 2.57 bits per heavy atom. The maximum atomic E-state index is 12.8. The summed E-state index contributed by atoms with van der Waals surface area (Å²) in [7, 11) is 0.494. The minimum absolute atomic E-state index is 0.00504. The van der Waals surface area contributed by atoms with Gasteiger partial charge in [0.2, 0.25) is 0 Å². The van der Waals surface area contributed by atoms with E-state index >= 15 is 0 Å². The first kappa shape index (κ1) is 20.0. The largest absolute Gasteiger partial charge is 0.497 e. The molecule has 2 aromatic rings. The number of carbonyl (C=O) groups is 1. The highest BCUT2D eigenvalue weighted by molar-refractivity contribution is 7.92. The number of amides is 1. The zero-order valence-corrected chi connectivity index (χ0v) is 16.7. The number of ether oxygens (including phenoxy) is 3. The zero-order chi connectivity index (χ0) is 20.3. The molecule has 2 aromatic carbocycles. The van der Waals surface area contributed by atoms with Crippen LogP contribution < -0.4 is 19.1 Å². The fraction of sp³-hybridized carbons (Fsp3) is 0.316. The van der Waals surface area contributed by atoms with Crippen LogP contribution in [0.25, 0.3) is 0 Å². The molecule has 0 unspecified atom stereocenters. The van der Waals surface area contributed by atoms with Crippen LogP contribution in [0.15, 0.2) is 41.3 Å². The van der Waals surface area contributed by atoms with Gasteiger partial charge in [0, 0.05) is 31.1 Å². The summed E-state index contributed by atoms with van der Waals surface area (Å²) in [6, 6.07) is 9.60. The second kappa shape index (κ2) is 8.07. The molecule has 1 heterocycles. The van der Waals surface area contributed by atoms with E-state index in [4.69, 9.17) is 14.2 Å². The number of nitrogens with zero attached hydrogens (tertiary/aromatic N) is 1. The molecule has 0 fully saturated rings. The Hall–Kier alpha value is -2.78. The van der Waals surface area contributed by atoms with E-state index < -0.39 is 10.0 Å². The Labute approximate surface area is 164 Å². The normalized spacial score (nSPS) is 13.2. The number of anilines is 2. The highest BCUT2D eigenvalue weighted by Crippen LogP contribution is 2.33. The van der Waals surface area contributed by atoms with Crippen molar-refractivity contribution in [2.75, 3.05) is 44.1 Å². The van der Waals surface area contributed by atoms with Crippen molar-refractivity contribution in [2.24, 2.45) is 0 Å². The molecule has 1 aliphatic heterocycles. The lowest BCUT2D eigenvalue weighted by molar-refractivity contribution is -0.122. The number of hydrogen-bond donors (Lipinski definition) is 1. The predicted molar refractivity (Wildman–Crippen MR) is 105 cm³/mol. The molecule has 0 spiro atoms. The Kier molecular flexibility index (Phi) is 5.76. The minimum Gasteiger partial charge on any atom is -0.497 e. The third-order valence-corrected chi connectivity index (χ3v) is 5.88. The average molecular weight is 406 g/mol. The molecule has 0 saturated heterocycles. The highest BCUT2D eigenvalue weighted by atomic mass is 32.2. The summed E-state index contributed by atoms with van der Waals surface area (Å²) in [6.45, 7) is 0.547. The summed E-state index contributed by atoms with van der Waals surface area (Å²) in [6.07, 6.45) is 0.645. The molecule has 0 bridgehead atoms. The van der Waals surface area contributed by atoms with E-state index in [2.05, 4.69) is 4.72 Å². The molecule has 0 radical (unpaired) electrons. The van der Waals surface area contributed by atoms with Crippen molar-refractivity contribution in [1.82, 2.24) is 0 Å². The molecule has 0 aromatic heterocycles. The molecule has 28 heavy (non-hydrogen) atoms. The van der Waals surface area contributed by atoms with E-state index in [1.165, 1.54) is 33.5 Å². The predicted octanol–water partition coefficient (Wildman–Crippen LogP) is 2.04. The summed E-state index contributed by atoms with van der Waals surface area (Å²) in [5, 5.41) is 0. The van der Waals surface area contributed by atoms with Crippen molar-refractivity contribution in [2.45, 2.75) is 11.3 Å². The molecular formula is C19H22N2O6S. The molecule has 0 atom stereocenters. The van der Waals surface area contributed by atoms with Crippen LogP contribution in [0.1, 0.15) is 5.56 Å². The van der Waals surface area contributed by atoms with Gasteiger partial charge in [-0.2, -0.15) is 0 Å². The SMILES string of the molecule is COCC(=O)N1CCc2cc(NS(=O)(=O)c3ccc(OC)cc3OC)ccc21. The summed E-state index contributed by atoms with van der Waals surface area (Å²) in [4.78, 5) is 13.7. The van der Waals surface area contributed by atoms with Gasteiger partial charge >= 0.3 is 0 Å². The lowest BCUT2D eigenvalue weighted by atomic mass is 10.1. The molecule has 1 N–H and O–H groups in total. The number of sulfonamides is 1. The Morgan fingerprint density at radius 1 is 1.11 bits per heavy atom. The smallest absolute Gasteiger partial charge is 0.265 e. The van der Waals surface area contributed by atoms with Crippen molar-refractivity contribution in [3.05, 3.63) is 42.0 Å². The van der Waals surface area contributed by atoms with Crippen LogP contribution in [0.4, 0.5) is 11.4 Å².